The van der Waals surface area contributed by atoms with Gasteiger partial charge < -0.3 is 24.9 Å². The molecule has 11 nitrogen and oxygen atoms in total. The van der Waals surface area contributed by atoms with Crippen LogP contribution < -0.4 is 16.1 Å². The van der Waals surface area contributed by atoms with Crippen molar-refractivity contribution in [2.24, 2.45) is 11.3 Å². The molecule has 0 aliphatic carbocycles. The lowest BCUT2D eigenvalue weighted by Gasteiger charge is -2.41. The van der Waals surface area contributed by atoms with Crippen molar-refractivity contribution in [1.29, 1.82) is 0 Å². The minimum atomic E-state index is -2.23. The average Bonchev–Trinajstić information content (AvgIpc) is 3.03. The quantitative estimate of drug-likeness (QED) is 0.337. The van der Waals surface area contributed by atoms with Crippen LogP contribution in [0.3, 0.4) is 0 Å². The van der Waals surface area contributed by atoms with Crippen LogP contribution in [0.25, 0.3) is 17.0 Å². The number of amides is 3. The molecule has 1 fully saturated rings. The van der Waals surface area contributed by atoms with Gasteiger partial charge in [0.05, 0.1) is 22.7 Å². The maximum absolute atomic E-state index is 13.6. The number of hydrazine groups is 1. The first-order valence-electron chi connectivity index (χ1n) is 17.1. The van der Waals surface area contributed by atoms with E-state index in [-0.39, 0.29) is 35.4 Å². The molecule has 1 aromatic carbocycles. The number of hydrogen-bond acceptors (Lipinski definition) is 8. The van der Waals surface area contributed by atoms with Gasteiger partial charge in [-0.1, -0.05) is 65.0 Å². The van der Waals surface area contributed by atoms with Gasteiger partial charge >= 0.3 is 0 Å². The predicted molar refractivity (Wildman–Crippen MR) is 190 cm³/mol. The summed E-state index contributed by atoms with van der Waals surface area (Å²) >= 11 is 0. The molecule has 4 N–H and O–H groups in total. The van der Waals surface area contributed by atoms with Gasteiger partial charge in [0.25, 0.3) is 5.91 Å². The van der Waals surface area contributed by atoms with Crippen LogP contribution in [0, 0.1) is 11.3 Å². The lowest BCUT2D eigenvalue weighted by atomic mass is 9.89. The Balaban J connectivity index is 1.76. The molecule has 1 aromatic heterocycles. The molecule has 2 aromatic rings. The number of nitrogens with zero attached hydrogens (tertiary/aromatic N) is 2. The minimum Gasteiger partial charge on any atom is -0.416 e. The highest BCUT2D eigenvalue weighted by Gasteiger charge is 2.42. The van der Waals surface area contributed by atoms with Gasteiger partial charge in [0.1, 0.15) is 18.2 Å². The molecule has 1 saturated heterocycles. The van der Waals surface area contributed by atoms with Crippen molar-refractivity contribution in [1.82, 2.24) is 26.1 Å². The number of aliphatic hydroxyl groups excluding tert-OH is 1. The van der Waals surface area contributed by atoms with Crippen LogP contribution in [0.1, 0.15) is 85.5 Å². The fourth-order valence-corrected chi connectivity index (χ4v) is 6.57. The van der Waals surface area contributed by atoms with Crippen LogP contribution in [0.15, 0.2) is 36.4 Å². The number of carbonyl (C=O) groups excluding carboxylic acids is 3. The summed E-state index contributed by atoms with van der Waals surface area (Å²) in [5.41, 5.74) is 4.34. The molecule has 0 saturated carbocycles. The molecule has 0 radical (unpaired) electrons. The predicted octanol–water partition coefficient (Wildman–Crippen LogP) is 4.83. The summed E-state index contributed by atoms with van der Waals surface area (Å²) in [6.07, 6.45) is 2.50. The maximum atomic E-state index is 13.6. The molecule has 0 spiro atoms. The van der Waals surface area contributed by atoms with Gasteiger partial charge in [0.15, 0.2) is 14.6 Å². The van der Waals surface area contributed by atoms with Crippen LogP contribution in [-0.2, 0) is 23.5 Å². The highest BCUT2D eigenvalue weighted by molar-refractivity contribution is 6.74. The van der Waals surface area contributed by atoms with Gasteiger partial charge in [-0.05, 0) is 75.4 Å². The Labute approximate surface area is 286 Å². The zero-order chi connectivity index (χ0) is 35.6. The highest BCUT2D eigenvalue weighted by Crippen LogP contribution is 2.39. The summed E-state index contributed by atoms with van der Waals surface area (Å²) in [6.45, 7) is 20.3. The number of nitrogens with one attached hydrogen (secondary N) is 3. The molecule has 1 unspecified atom stereocenters. The minimum absolute atomic E-state index is 0.0600. The van der Waals surface area contributed by atoms with E-state index in [9.17, 15) is 19.5 Å². The van der Waals surface area contributed by atoms with Crippen LogP contribution in [0.5, 0.6) is 0 Å². The second kappa shape index (κ2) is 14.8. The maximum Gasteiger partial charge on any atom is 0.258 e. The largest absolute Gasteiger partial charge is 0.416 e. The number of carbonyl (C=O) groups is 3. The molecule has 12 heteroatoms. The molecule has 264 valence electrons. The summed E-state index contributed by atoms with van der Waals surface area (Å²) in [6, 6.07) is 7.91. The molecule has 2 aliphatic rings. The molecule has 6 atom stereocenters. The van der Waals surface area contributed by atoms with E-state index in [0.29, 0.717) is 25.1 Å². The smallest absolute Gasteiger partial charge is 0.258 e. The molecule has 4 rings (SSSR count). The van der Waals surface area contributed by atoms with E-state index < -0.39 is 44.1 Å². The van der Waals surface area contributed by atoms with Crippen molar-refractivity contribution in [3.05, 3.63) is 47.7 Å². The Bertz CT molecular complexity index is 1520. The molecular weight excluding hydrogens is 627 g/mol. The Morgan fingerprint density at radius 2 is 1.75 bits per heavy atom. The summed E-state index contributed by atoms with van der Waals surface area (Å²) < 4.78 is 12.8. The van der Waals surface area contributed by atoms with Crippen LogP contribution in [-0.4, -0.2) is 78.8 Å². The third-order valence-electron chi connectivity index (χ3n) is 9.95. The fraction of sp³-hybridized carbons (Fsp3) is 0.611. The van der Waals surface area contributed by atoms with Crippen molar-refractivity contribution in [3.8, 4) is 0 Å². The normalized spacial score (nSPS) is 29.1. The zero-order valence-electron chi connectivity index (χ0n) is 30.2. The number of rotatable bonds is 4. The molecule has 3 heterocycles. The molecule has 5 bridgehead atoms. The van der Waals surface area contributed by atoms with E-state index in [1.165, 1.54) is 5.01 Å². The third kappa shape index (κ3) is 8.70. The lowest BCUT2D eigenvalue weighted by molar-refractivity contribution is -0.202. The number of ether oxygens (including phenoxy) is 1. The van der Waals surface area contributed by atoms with Crippen LogP contribution >= 0.6 is 0 Å². The summed E-state index contributed by atoms with van der Waals surface area (Å²) in [5, 5.41) is 19.9. The average molecular weight is 682 g/mol. The molecule has 3 amide bonds. The van der Waals surface area contributed by atoms with Gasteiger partial charge in [-0.3, -0.25) is 24.4 Å². The number of aromatic nitrogens is 1. The van der Waals surface area contributed by atoms with E-state index in [2.05, 4.69) is 49.9 Å². The number of aliphatic hydroxyl groups is 1. The fourth-order valence-electron chi connectivity index (χ4n) is 5.46. The van der Waals surface area contributed by atoms with Gasteiger partial charge in [0, 0.05) is 18.5 Å². The molecule has 2 aliphatic heterocycles. The van der Waals surface area contributed by atoms with Crippen molar-refractivity contribution < 1.29 is 28.7 Å². The van der Waals surface area contributed by atoms with Crippen molar-refractivity contribution in [2.45, 2.75) is 117 Å². The standard InChI is InChI=1S/C36H55N5O6Si/c1-22(2)30-32(43)38-24(4)33(44)41-19-11-12-28(40-41)31(42)37-23(3)27-16-15-26-14-13-25(20-29(26)39-27)17-18-36(8,34(45)47-30)21-46-48(9,10)35(5,6)7/h13-18,20,22-24,28,30,34,40,45H,11-12,19,21H2,1-10H3,(H,37,42)(H,38,43)/b18-17+/t23-,24+,28+,30+,34?,36-/m1/s1. The molecular formula is C36H55N5O6Si. The highest BCUT2D eigenvalue weighted by atomic mass is 28.4. The number of hydrogen-bond donors (Lipinski definition) is 4. The van der Waals surface area contributed by atoms with E-state index >= 15 is 0 Å². The lowest BCUT2D eigenvalue weighted by Crippen LogP contribution is -2.61. The summed E-state index contributed by atoms with van der Waals surface area (Å²) in [7, 11) is -2.23. The second-order valence-electron chi connectivity index (χ2n) is 15.5. The third-order valence-corrected chi connectivity index (χ3v) is 14.4. The number of fused-ring (bicyclic) bond motifs is 4. The second-order valence-corrected chi connectivity index (χ2v) is 20.3. The summed E-state index contributed by atoms with van der Waals surface area (Å²) in [5.74, 6) is -1.43. The van der Waals surface area contributed by atoms with Crippen molar-refractivity contribution in [3.63, 3.8) is 0 Å². The van der Waals surface area contributed by atoms with Gasteiger partial charge in [-0.2, -0.15) is 0 Å². The Morgan fingerprint density at radius 1 is 1.08 bits per heavy atom. The topological polar surface area (TPSA) is 142 Å². The van der Waals surface area contributed by atoms with Crippen molar-refractivity contribution >= 4 is 43.0 Å². The van der Waals surface area contributed by atoms with Crippen LogP contribution in [0.2, 0.25) is 18.1 Å². The number of pyridine rings is 1. The first-order valence-corrected chi connectivity index (χ1v) is 20.0. The monoisotopic (exact) mass is 681 g/mol. The van der Waals surface area contributed by atoms with Crippen molar-refractivity contribution in [2.75, 3.05) is 13.2 Å². The van der Waals surface area contributed by atoms with E-state index in [1.54, 1.807) is 6.92 Å². The van der Waals surface area contributed by atoms with E-state index in [1.807, 2.05) is 70.2 Å². The van der Waals surface area contributed by atoms with E-state index in [4.69, 9.17) is 14.1 Å². The van der Waals surface area contributed by atoms with Crippen LogP contribution in [0.4, 0.5) is 0 Å². The Hall–Kier alpha value is -3.16. The summed E-state index contributed by atoms with van der Waals surface area (Å²) in [4.78, 5) is 45.3. The number of benzene rings is 1. The van der Waals surface area contributed by atoms with Gasteiger partial charge in [-0.25, -0.2) is 5.43 Å². The van der Waals surface area contributed by atoms with E-state index in [0.717, 1.165) is 16.5 Å². The zero-order valence-corrected chi connectivity index (χ0v) is 31.2. The molecule has 48 heavy (non-hydrogen) atoms. The Kier molecular flexibility index (Phi) is 11.6. The first-order chi connectivity index (χ1) is 22.3. The van der Waals surface area contributed by atoms with Gasteiger partial charge in [0.2, 0.25) is 11.8 Å². The Morgan fingerprint density at radius 3 is 2.42 bits per heavy atom. The van der Waals surface area contributed by atoms with Gasteiger partial charge in [-0.15, -0.1) is 0 Å². The SMILES string of the molecule is CC(C)[C@@H]1OC(O)[C@@](C)(CO[Si](C)(C)C(C)(C)C)/C=C/c2ccc3ccc(nc3c2)[C@@H](C)NC(=O)[C@@H]2CCCN(N2)C(=O)[C@H](C)NC1=O. The first kappa shape index (κ1) is 37.7.